The third-order valence-electron chi connectivity index (χ3n) is 3.75. The van der Waals surface area contributed by atoms with Gasteiger partial charge in [0.05, 0.1) is 5.69 Å². The van der Waals surface area contributed by atoms with E-state index >= 15 is 0 Å². The quantitative estimate of drug-likeness (QED) is 0.704. The minimum absolute atomic E-state index is 0.668. The number of rotatable bonds is 2. The highest BCUT2D eigenvalue weighted by Gasteiger charge is 2.33. The number of hydrogen-bond donors (Lipinski definition) is 0. The summed E-state index contributed by atoms with van der Waals surface area (Å²) in [5.74, 6) is 0. The molecule has 3 heterocycles. The molecule has 3 rings (SSSR count). The summed E-state index contributed by atoms with van der Waals surface area (Å²) in [6, 6.07) is 7.75. The van der Waals surface area contributed by atoms with E-state index in [1.54, 1.807) is 0 Å². The van der Waals surface area contributed by atoms with Gasteiger partial charge in [0, 0.05) is 24.3 Å². The van der Waals surface area contributed by atoms with Crippen molar-refractivity contribution in [1.82, 2.24) is 9.88 Å². The molecule has 2 unspecified atom stereocenters. The minimum atomic E-state index is 0.668. The second-order valence-electron chi connectivity index (χ2n) is 4.91. The molecule has 0 radical (unpaired) electrons. The highest BCUT2D eigenvalue weighted by atomic mass is 15.2. The third kappa shape index (κ3) is 1.78. The third-order valence-corrected chi connectivity index (χ3v) is 3.75. The molecule has 0 N–H and O–H groups in total. The first kappa shape index (κ1) is 10.0. The van der Waals surface area contributed by atoms with Crippen LogP contribution in [0.1, 0.15) is 30.7 Å². The molecule has 0 aromatic carbocycles. The zero-order chi connectivity index (χ0) is 11.0. The summed E-state index contributed by atoms with van der Waals surface area (Å²) >= 11 is 0. The van der Waals surface area contributed by atoms with Gasteiger partial charge in [0.1, 0.15) is 0 Å². The van der Waals surface area contributed by atoms with Crippen molar-refractivity contribution < 1.29 is 0 Å². The molecular formula is C14H18N2. The summed E-state index contributed by atoms with van der Waals surface area (Å²) in [5, 5.41) is 0. The molecule has 0 amide bonds. The van der Waals surface area contributed by atoms with Crippen LogP contribution in [0, 0.1) is 6.92 Å². The second kappa shape index (κ2) is 4.02. The van der Waals surface area contributed by atoms with Gasteiger partial charge in [-0.25, -0.2) is 0 Å². The molecule has 2 bridgehead atoms. The summed E-state index contributed by atoms with van der Waals surface area (Å²) in [6.45, 7) is 3.08. The largest absolute Gasteiger partial charge is 0.288 e. The molecule has 2 heteroatoms. The van der Waals surface area contributed by atoms with Gasteiger partial charge in [-0.3, -0.25) is 9.88 Å². The van der Waals surface area contributed by atoms with Crippen LogP contribution in [0.25, 0.3) is 0 Å². The fourth-order valence-electron chi connectivity index (χ4n) is 2.94. The van der Waals surface area contributed by atoms with E-state index in [9.17, 15) is 0 Å². The average molecular weight is 214 g/mol. The van der Waals surface area contributed by atoms with Crippen LogP contribution >= 0.6 is 0 Å². The zero-order valence-electron chi connectivity index (χ0n) is 9.76. The Morgan fingerprint density at radius 1 is 1.38 bits per heavy atom. The van der Waals surface area contributed by atoms with E-state index in [1.165, 1.54) is 25.0 Å². The number of aromatic nitrogens is 1. The smallest absolute Gasteiger partial charge is 0.0547 e. The van der Waals surface area contributed by atoms with Crippen molar-refractivity contribution in [2.75, 3.05) is 0 Å². The molecule has 1 aromatic heterocycles. The standard InChI is InChI=1S/C14H18N2/c1-11-4-2-5-12(15-11)10-16-13-6-3-7-14(16)9-8-13/h2-6,13-14H,7-10H2,1H3. The van der Waals surface area contributed by atoms with Gasteiger partial charge in [-0.15, -0.1) is 0 Å². The lowest BCUT2D eigenvalue weighted by Crippen LogP contribution is -2.36. The lowest BCUT2D eigenvalue weighted by molar-refractivity contribution is 0.197. The Labute approximate surface area is 97.0 Å². The van der Waals surface area contributed by atoms with Crippen LogP contribution in [0.3, 0.4) is 0 Å². The van der Waals surface area contributed by atoms with Gasteiger partial charge >= 0.3 is 0 Å². The van der Waals surface area contributed by atoms with Gasteiger partial charge in [0.15, 0.2) is 0 Å². The first-order valence-electron chi connectivity index (χ1n) is 6.18. The fourth-order valence-corrected chi connectivity index (χ4v) is 2.94. The van der Waals surface area contributed by atoms with Crippen molar-refractivity contribution in [2.24, 2.45) is 0 Å². The summed E-state index contributed by atoms with van der Waals surface area (Å²) in [5.41, 5.74) is 2.34. The van der Waals surface area contributed by atoms with Crippen LogP contribution in [0.2, 0.25) is 0 Å². The lowest BCUT2D eigenvalue weighted by Gasteiger charge is -2.30. The molecule has 0 aliphatic carbocycles. The number of aryl methyl sites for hydroxylation is 1. The van der Waals surface area contributed by atoms with E-state index in [1.807, 2.05) is 0 Å². The molecule has 2 aliphatic rings. The Bertz CT molecular complexity index is 411. The molecule has 1 fully saturated rings. The number of nitrogens with zero attached hydrogens (tertiary/aromatic N) is 2. The summed E-state index contributed by atoms with van der Waals surface area (Å²) < 4.78 is 0. The zero-order valence-corrected chi connectivity index (χ0v) is 9.76. The second-order valence-corrected chi connectivity index (χ2v) is 4.91. The van der Waals surface area contributed by atoms with Gasteiger partial charge in [-0.2, -0.15) is 0 Å². The first-order valence-corrected chi connectivity index (χ1v) is 6.18. The van der Waals surface area contributed by atoms with E-state index in [2.05, 4.69) is 47.2 Å². The predicted octanol–water partition coefficient (Wildman–Crippen LogP) is 2.68. The maximum Gasteiger partial charge on any atom is 0.0547 e. The van der Waals surface area contributed by atoms with Crippen molar-refractivity contribution in [1.29, 1.82) is 0 Å². The van der Waals surface area contributed by atoms with Gasteiger partial charge < -0.3 is 0 Å². The first-order chi connectivity index (χ1) is 7.83. The molecule has 2 aliphatic heterocycles. The predicted molar refractivity (Wildman–Crippen MR) is 65.1 cm³/mol. The van der Waals surface area contributed by atoms with Crippen molar-refractivity contribution in [3.8, 4) is 0 Å². The molecule has 1 saturated heterocycles. The number of pyridine rings is 1. The maximum atomic E-state index is 4.60. The lowest BCUT2D eigenvalue weighted by atomic mass is 10.1. The van der Waals surface area contributed by atoms with Gasteiger partial charge in [0.25, 0.3) is 0 Å². The highest BCUT2D eigenvalue weighted by Crippen LogP contribution is 2.32. The van der Waals surface area contributed by atoms with Crippen LogP contribution in [0.15, 0.2) is 30.4 Å². The molecule has 2 nitrogen and oxygen atoms in total. The molecule has 16 heavy (non-hydrogen) atoms. The van der Waals surface area contributed by atoms with Gasteiger partial charge in [-0.1, -0.05) is 18.2 Å². The van der Waals surface area contributed by atoms with E-state index in [4.69, 9.17) is 0 Å². The van der Waals surface area contributed by atoms with Crippen molar-refractivity contribution in [3.63, 3.8) is 0 Å². The van der Waals surface area contributed by atoms with Crippen LogP contribution in [-0.4, -0.2) is 22.0 Å². The highest BCUT2D eigenvalue weighted by molar-refractivity contribution is 5.13. The summed E-state index contributed by atoms with van der Waals surface area (Å²) in [7, 11) is 0. The Hall–Kier alpha value is -1.15. The topological polar surface area (TPSA) is 16.1 Å². The molecular weight excluding hydrogens is 196 g/mol. The normalized spacial score (nSPS) is 28.6. The van der Waals surface area contributed by atoms with Crippen molar-refractivity contribution in [3.05, 3.63) is 41.7 Å². The Morgan fingerprint density at radius 3 is 3.12 bits per heavy atom. The van der Waals surface area contributed by atoms with E-state index < -0.39 is 0 Å². The van der Waals surface area contributed by atoms with E-state index in [-0.39, 0.29) is 0 Å². The monoisotopic (exact) mass is 214 g/mol. The van der Waals surface area contributed by atoms with Crippen LogP contribution in [0.4, 0.5) is 0 Å². The van der Waals surface area contributed by atoms with Gasteiger partial charge in [-0.05, 0) is 38.3 Å². The van der Waals surface area contributed by atoms with Crippen molar-refractivity contribution >= 4 is 0 Å². The van der Waals surface area contributed by atoms with Crippen LogP contribution in [-0.2, 0) is 6.54 Å². The molecule has 0 spiro atoms. The van der Waals surface area contributed by atoms with Gasteiger partial charge in [0.2, 0.25) is 0 Å². The molecule has 1 aromatic rings. The Morgan fingerprint density at radius 2 is 2.31 bits per heavy atom. The van der Waals surface area contributed by atoms with Crippen LogP contribution < -0.4 is 0 Å². The fraction of sp³-hybridized carbons (Fsp3) is 0.500. The molecule has 2 atom stereocenters. The molecule has 0 saturated carbocycles. The Balaban J connectivity index is 1.78. The van der Waals surface area contributed by atoms with Crippen LogP contribution in [0.5, 0.6) is 0 Å². The number of hydrogen-bond acceptors (Lipinski definition) is 2. The summed E-state index contributed by atoms with van der Waals surface area (Å²) in [4.78, 5) is 7.21. The Kier molecular flexibility index (Phi) is 2.52. The van der Waals surface area contributed by atoms with E-state index in [0.29, 0.717) is 6.04 Å². The van der Waals surface area contributed by atoms with Crippen molar-refractivity contribution in [2.45, 2.75) is 44.8 Å². The summed E-state index contributed by atoms with van der Waals surface area (Å²) in [6.07, 6.45) is 8.63. The van der Waals surface area contributed by atoms with E-state index in [0.717, 1.165) is 18.3 Å². The minimum Gasteiger partial charge on any atom is -0.288 e. The molecule has 84 valence electrons. The average Bonchev–Trinajstić information content (AvgIpc) is 2.51. The number of fused-ring (bicyclic) bond motifs is 2. The SMILES string of the molecule is Cc1cccc(CN2C3C=CCC2CC3)n1. The maximum absolute atomic E-state index is 4.60.